The molecule has 4 nitrogen and oxygen atoms in total. The zero-order valence-corrected chi connectivity index (χ0v) is 13.1. The van der Waals surface area contributed by atoms with Gasteiger partial charge in [0.05, 0.1) is 5.69 Å². The maximum atomic E-state index is 12.4. The number of nitrogens with one attached hydrogen (secondary N) is 1. The fourth-order valence-corrected chi connectivity index (χ4v) is 2.96. The van der Waals surface area contributed by atoms with Crippen LogP contribution in [0.1, 0.15) is 25.8 Å². The summed E-state index contributed by atoms with van der Waals surface area (Å²) in [5.41, 5.74) is -4.35. The highest BCUT2D eigenvalue weighted by Gasteiger charge is 2.38. The number of para-hydroxylation sites is 1. The third kappa shape index (κ3) is 4.00. The molecule has 1 unspecified atom stereocenters. The minimum atomic E-state index is -4.83. The quantitative estimate of drug-likeness (QED) is 0.920. The minimum absolute atomic E-state index is 0.0308. The van der Waals surface area contributed by atoms with Crippen LogP contribution in [0.3, 0.4) is 0 Å². The lowest BCUT2D eigenvalue weighted by atomic mass is 9.93. The summed E-state index contributed by atoms with van der Waals surface area (Å²) < 4.78 is 50.4. The smallest absolute Gasteiger partial charge is 0.338 e. The van der Waals surface area contributed by atoms with E-state index in [1.807, 2.05) is 18.6 Å². The summed E-state index contributed by atoms with van der Waals surface area (Å²) in [4.78, 5) is 13.6. The Morgan fingerprint density at radius 2 is 1.95 bits per heavy atom. The largest absolute Gasteiger partial charge is 0.490 e. The summed E-state index contributed by atoms with van der Waals surface area (Å²) >= 11 is 0. The van der Waals surface area contributed by atoms with Crippen LogP contribution in [0.2, 0.25) is 0 Å². The molecule has 22 heavy (non-hydrogen) atoms. The van der Waals surface area contributed by atoms with Crippen LogP contribution in [0.25, 0.3) is 0 Å². The first-order valence-electron chi connectivity index (χ1n) is 6.69. The highest BCUT2D eigenvalue weighted by molar-refractivity contribution is 7.87. The second-order valence-electron chi connectivity index (χ2n) is 6.06. The molecule has 1 saturated heterocycles. The molecular formula is C14H17F3N2O2S. The zero-order chi connectivity index (χ0) is 16.5. The maximum Gasteiger partial charge on any atom is 0.490 e. The van der Waals surface area contributed by atoms with Gasteiger partial charge in [0.15, 0.2) is 0 Å². The summed E-state index contributed by atoms with van der Waals surface area (Å²) in [7, 11) is -3.18. The zero-order valence-electron chi connectivity index (χ0n) is 12.2. The average Bonchev–Trinajstić information content (AvgIpc) is 2.63. The van der Waals surface area contributed by atoms with Crippen molar-refractivity contribution in [3.8, 4) is 0 Å². The van der Waals surface area contributed by atoms with Gasteiger partial charge < -0.3 is 4.90 Å². The van der Waals surface area contributed by atoms with Gasteiger partial charge in [-0.1, -0.05) is 32.0 Å². The van der Waals surface area contributed by atoms with E-state index in [0.29, 0.717) is 18.5 Å². The fraction of sp³-hybridized carbons (Fsp3) is 0.500. The molecule has 1 N–H and O–H groups in total. The van der Waals surface area contributed by atoms with Gasteiger partial charge in [-0.3, -0.25) is 9.52 Å². The van der Waals surface area contributed by atoms with Crippen LogP contribution in [-0.4, -0.2) is 27.1 Å². The van der Waals surface area contributed by atoms with E-state index in [4.69, 9.17) is 0 Å². The van der Waals surface area contributed by atoms with E-state index in [2.05, 4.69) is 0 Å². The Kier molecular flexibility index (Phi) is 4.51. The van der Waals surface area contributed by atoms with E-state index < -0.39 is 16.5 Å². The van der Waals surface area contributed by atoms with E-state index >= 15 is 0 Å². The minimum Gasteiger partial charge on any atom is -0.338 e. The fourth-order valence-electron chi connectivity index (χ4n) is 2.45. The van der Waals surface area contributed by atoms with Crippen molar-refractivity contribution in [3.63, 3.8) is 0 Å². The Hall–Kier alpha value is -1.57. The number of likely N-dealkylation sites (tertiary alicyclic amines) is 1. The normalized spacial score (nSPS) is 19.3. The van der Waals surface area contributed by atoms with Crippen LogP contribution in [0.5, 0.6) is 0 Å². The number of rotatable bonds is 4. The Bertz CT molecular complexity index is 602. The summed E-state index contributed by atoms with van der Waals surface area (Å²) in [5, 5.41) is 0. The number of amides is 1. The number of halogens is 3. The standard InChI is InChI=1S/C14H17F3N2O2S/c1-13(2)7-12(20)19(9-13)8-10-5-3-4-6-11(10)18-22(21)14(15,16)17/h3-6,18H,7-9H2,1-2H3. The van der Waals surface area contributed by atoms with Gasteiger partial charge in [-0.05, 0) is 17.0 Å². The SMILES string of the molecule is CC1(C)CC(=O)N(Cc2ccccc2NS(=O)C(F)(F)F)C1. The van der Waals surface area contributed by atoms with Crippen molar-refractivity contribution >= 4 is 22.6 Å². The first kappa shape index (κ1) is 16.8. The van der Waals surface area contributed by atoms with Crippen molar-refractivity contribution in [2.45, 2.75) is 32.3 Å². The van der Waals surface area contributed by atoms with Crippen LogP contribution in [0.4, 0.5) is 18.9 Å². The number of alkyl halides is 3. The van der Waals surface area contributed by atoms with E-state index in [-0.39, 0.29) is 23.6 Å². The van der Waals surface area contributed by atoms with Crippen molar-refractivity contribution in [3.05, 3.63) is 29.8 Å². The molecule has 0 aliphatic carbocycles. The lowest BCUT2D eigenvalue weighted by Gasteiger charge is -2.21. The Morgan fingerprint density at radius 1 is 1.32 bits per heavy atom. The molecule has 0 spiro atoms. The summed E-state index contributed by atoms with van der Waals surface area (Å²) in [5.74, 6) is -0.0308. The molecule has 0 bridgehead atoms. The third-order valence-corrected chi connectivity index (χ3v) is 4.22. The maximum absolute atomic E-state index is 12.4. The summed E-state index contributed by atoms with van der Waals surface area (Å²) in [6.07, 6.45) is 0.414. The van der Waals surface area contributed by atoms with Gasteiger partial charge in [-0.2, -0.15) is 13.2 Å². The van der Waals surface area contributed by atoms with Crippen molar-refractivity contribution < 1.29 is 22.2 Å². The molecule has 1 aromatic carbocycles. The number of carbonyl (C=O) groups excluding carboxylic acids is 1. The first-order chi connectivity index (χ1) is 10.1. The van der Waals surface area contributed by atoms with Crippen molar-refractivity contribution in [1.29, 1.82) is 0 Å². The van der Waals surface area contributed by atoms with E-state index in [9.17, 15) is 22.2 Å². The average molecular weight is 334 g/mol. The van der Waals surface area contributed by atoms with Crippen molar-refractivity contribution in [2.24, 2.45) is 5.41 Å². The lowest BCUT2D eigenvalue weighted by molar-refractivity contribution is -0.128. The topological polar surface area (TPSA) is 49.4 Å². The second kappa shape index (κ2) is 5.91. The molecule has 1 aliphatic heterocycles. The lowest BCUT2D eigenvalue weighted by Crippen LogP contribution is -2.27. The number of nitrogens with zero attached hydrogens (tertiary/aromatic N) is 1. The predicted octanol–water partition coefficient (Wildman–Crippen LogP) is 3.04. The number of hydrogen-bond acceptors (Lipinski definition) is 2. The van der Waals surface area contributed by atoms with Crippen LogP contribution >= 0.6 is 0 Å². The monoisotopic (exact) mass is 334 g/mol. The first-order valence-corrected chi connectivity index (χ1v) is 7.84. The number of carbonyl (C=O) groups is 1. The molecule has 1 aliphatic rings. The molecule has 1 amide bonds. The number of benzene rings is 1. The van der Waals surface area contributed by atoms with Crippen molar-refractivity contribution in [1.82, 2.24) is 4.90 Å². The van der Waals surface area contributed by atoms with Crippen LogP contribution in [0.15, 0.2) is 24.3 Å². The van der Waals surface area contributed by atoms with Gasteiger partial charge in [0.25, 0.3) is 0 Å². The summed E-state index contributed by atoms with van der Waals surface area (Å²) in [6, 6.07) is 6.26. The molecule has 0 radical (unpaired) electrons. The molecule has 1 heterocycles. The van der Waals surface area contributed by atoms with E-state index in [0.717, 1.165) is 0 Å². The molecular weight excluding hydrogens is 317 g/mol. The van der Waals surface area contributed by atoms with Gasteiger partial charge in [-0.25, -0.2) is 4.21 Å². The highest BCUT2D eigenvalue weighted by atomic mass is 32.2. The van der Waals surface area contributed by atoms with Crippen LogP contribution in [0, 0.1) is 5.41 Å². The molecule has 0 saturated carbocycles. The third-order valence-electron chi connectivity index (χ3n) is 3.39. The molecule has 122 valence electrons. The Balaban J connectivity index is 2.16. The molecule has 8 heteroatoms. The van der Waals surface area contributed by atoms with Crippen molar-refractivity contribution in [2.75, 3.05) is 11.3 Å². The predicted molar refractivity (Wildman–Crippen MR) is 78.1 cm³/mol. The molecule has 1 atom stereocenters. The van der Waals surface area contributed by atoms with Crippen LogP contribution < -0.4 is 4.72 Å². The Labute approximate surface area is 129 Å². The molecule has 2 rings (SSSR count). The summed E-state index contributed by atoms with van der Waals surface area (Å²) in [6.45, 7) is 4.67. The second-order valence-corrected chi connectivity index (χ2v) is 7.27. The van der Waals surface area contributed by atoms with E-state index in [1.54, 1.807) is 23.1 Å². The highest BCUT2D eigenvalue weighted by Crippen LogP contribution is 2.32. The Morgan fingerprint density at radius 3 is 2.50 bits per heavy atom. The number of hydrogen-bond donors (Lipinski definition) is 1. The van der Waals surface area contributed by atoms with Gasteiger partial charge in [-0.15, -0.1) is 0 Å². The van der Waals surface area contributed by atoms with Gasteiger partial charge in [0.2, 0.25) is 16.9 Å². The molecule has 1 fully saturated rings. The van der Waals surface area contributed by atoms with Gasteiger partial charge in [0, 0.05) is 19.5 Å². The van der Waals surface area contributed by atoms with Crippen LogP contribution in [-0.2, 0) is 22.3 Å². The van der Waals surface area contributed by atoms with E-state index in [1.165, 1.54) is 6.07 Å². The van der Waals surface area contributed by atoms with Gasteiger partial charge >= 0.3 is 5.51 Å². The van der Waals surface area contributed by atoms with Gasteiger partial charge in [0.1, 0.15) is 0 Å². The molecule has 0 aromatic heterocycles. The molecule has 1 aromatic rings. The number of anilines is 1.